The first kappa shape index (κ1) is 15.3. The van der Waals surface area contributed by atoms with E-state index in [0.29, 0.717) is 23.2 Å². The Morgan fingerprint density at radius 3 is 2.45 bits per heavy atom. The number of piperidine rings is 1. The average molecular weight is 302 g/mol. The maximum atomic E-state index is 13.0. The molecule has 0 spiro atoms. The van der Waals surface area contributed by atoms with Crippen molar-refractivity contribution in [2.75, 3.05) is 6.54 Å². The monoisotopic (exact) mass is 302 g/mol. The van der Waals surface area contributed by atoms with E-state index in [9.17, 15) is 9.59 Å². The number of rotatable bonds is 2. The normalized spacial score (nSPS) is 25.0. The molecule has 1 N–H and O–H groups in total. The molecule has 2 atom stereocenters. The molecule has 0 radical (unpaired) electrons. The number of aromatic nitrogens is 1. The van der Waals surface area contributed by atoms with Crippen molar-refractivity contribution in [2.24, 2.45) is 5.92 Å². The van der Waals surface area contributed by atoms with Crippen LogP contribution >= 0.6 is 0 Å². The molecule has 1 aliphatic heterocycles. The highest BCUT2D eigenvalue weighted by atomic mass is 16.2. The third-order valence-electron chi connectivity index (χ3n) is 5.51. The molecule has 2 aliphatic rings. The Labute approximate surface area is 132 Å². The van der Waals surface area contributed by atoms with Crippen LogP contribution in [0.5, 0.6) is 0 Å². The highest BCUT2D eigenvalue weighted by Gasteiger charge is 2.37. The zero-order chi connectivity index (χ0) is 15.9. The predicted octanol–water partition coefficient (Wildman–Crippen LogP) is 3.63. The summed E-state index contributed by atoms with van der Waals surface area (Å²) in [5.74, 6) is 0.791. The second-order valence-electron chi connectivity index (χ2n) is 6.93. The Hall–Kier alpha value is -1.58. The van der Waals surface area contributed by atoms with Crippen molar-refractivity contribution in [3.63, 3.8) is 0 Å². The van der Waals surface area contributed by atoms with Crippen molar-refractivity contribution < 1.29 is 9.59 Å². The molecule has 1 aromatic rings. The molecule has 1 saturated carbocycles. The minimum absolute atomic E-state index is 0.0273. The maximum absolute atomic E-state index is 13.0. The maximum Gasteiger partial charge on any atom is 0.270 e. The Morgan fingerprint density at radius 2 is 1.77 bits per heavy atom. The molecule has 4 heteroatoms. The molecule has 2 heterocycles. The lowest BCUT2D eigenvalue weighted by molar-refractivity contribution is 0.0385. The Morgan fingerprint density at radius 1 is 1.09 bits per heavy atom. The first-order chi connectivity index (χ1) is 10.5. The Kier molecular flexibility index (Phi) is 4.11. The standard InChI is InChI=1S/C18H26N2O2/c1-11-16(13(3)21)12(2)19-17(11)18(22)20-10-6-8-14-7-4-5-9-15(14)20/h14-15,19H,4-10H2,1-3H3. The molecule has 2 unspecified atom stereocenters. The van der Waals surface area contributed by atoms with Gasteiger partial charge >= 0.3 is 0 Å². The minimum atomic E-state index is 0.0273. The van der Waals surface area contributed by atoms with Crippen LogP contribution in [-0.2, 0) is 0 Å². The van der Waals surface area contributed by atoms with E-state index in [0.717, 1.165) is 30.6 Å². The first-order valence-electron chi connectivity index (χ1n) is 8.51. The van der Waals surface area contributed by atoms with E-state index in [-0.39, 0.29) is 11.7 Å². The average Bonchev–Trinajstić information content (AvgIpc) is 2.81. The number of nitrogens with one attached hydrogen (secondary N) is 1. The first-order valence-corrected chi connectivity index (χ1v) is 8.51. The van der Waals surface area contributed by atoms with E-state index in [1.54, 1.807) is 6.92 Å². The number of hydrogen-bond acceptors (Lipinski definition) is 2. The fraction of sp³-hybridized carbons (Fsp3) is 0.667. The zero-order valence-electron chi connectivity index (χ0n) is 13.9. The summed E-state index contributed by atoms with van der Waals surface area (Å²) in [7, 11) is 0. The van der Waals surface area contributed by atoms with Gasteiger partial charge in [-0.15, -0.1) is 0 Å². The van der Waals surface area contributed by atoms with Crippen molar-refractivity contribution in [3.05, 3.63) is 22.5 Å². The second kappa shape index (κ2) is 5.90. The van der Waals surface area contributed by atoms with Crippen LogP contribution in [0.4, 0.5) is 0 Å². The molecule has 1 aliphatic carbocycles. The summed E-state index contributed by atoms with van der Waals surface area (Å²) >= 11 is 0. The smallest absolute Gasteiger partial charge is 0.270 e. The number of amides is 1. The third-order valence-corrected chi connectivity index (χ3v) is 5.51. The van der Waals surface area contributed by atoms with Crippen LogP contribution in [-0.4, -0.2) is 34.2 Å². The van der Waals surface area contributed by atoms with E-state index in [4.69, 9.17) is 0 Å². The van der Waals surface area contributed by atoms with Gasteiger partial charge in [0, 0.05) is 23.8 Å². The molecule has 3 rings (SSSR count). The summed E-state index contributed by atoms with van der Waals surface area (Å²) in [5.41, 5.74) is 2.92. The summed E-state index contributed by atoms with van der Waals surface area (Å²) in [5, 5.41) is 0. The van der Waals surface area contributed by atoms with Gasteiger partial charge in [-0.2, -0.15) is 0 Å². The zero-order valence-corrected chi connectivity index (χ0v) is 13.9. The topological polar surface area (TPSA) is 53.2 Å². The van der Waals surface area contributed by atoms with Gasteiger partial charge in [-0.1, -0.05) is 12.8 Å². The largest absolute Gasteiger partial charge is 0.354 e. The van der Waals surface area contributed by atoms with Gasteiger partial charge in [0.15, 0.2) is 5.78 Å². The van der Waals surface area contributed by atoms with Crippen LogP contribution in [0, 0.1) is 19.8 Å². The molecule has 1 saturated heterocycles. The fourth-order valence-electron chi connectivity index (χ4n) is 4.51. The van der Waals surface area contributed by atoms with Gasteiger partial charge in [-0.3, -0.25) is 9.59 Å². The fourth-order valence-corrected chi connectivity index (χ4v) is 4.51. The van der Waals surface area contributed by atoms with E-state index in [2.05, 4.69) is 9.88 Å². The summed E-state index contributed by atoms with van der Waals surface area (Å²) in [6.45, 7) is 6.18. The van der Waals surface area contributed by atoms with Gasteiger partial charge in [-0.05, 0) is 57.9 Å². The van der Waals surface area contributed by atoms with Crippen LogP contribution < -0.4 is 0 Å². The summed E-state index contributed by atoms with van der Waals surface area (Å²) in [6, 6.07) is 0.402. The number of carbonyl (C=O) groups is 2. The molecule has 4 nitrogen and oxygen atoms in total. The van der Waals surface area contributed by atoms with E-state index in [1.165, 1.54) is 25.7 Å². The van der Waals surface area contributed by atoms with Crippen LogP contribution in [0.1, 0.15) is 77.6 Å². The number of nitrogens with zero attached hydrogens (tertiary/aromatic N) is 1. The van der Waals surface area contributed by atoms with E-state index >= 15 is 0 Å². The lowest BCUT2D eigenvalue weighted by Crippen LogP contribution is -2.49. The van der Waals surface area contributed by atoms with Gasteiger partial charge < -0.3 is 9.88 Å². The Bertz CT molecular complexity index is 600. The van der Waals surface area contributed by atoms with Crippen molar-refractivity contribution in [3.8, 4) is 0 Å². The SMILES string of the molecule is CC(=O)c1c(C)[nH]c(C(=O)N2CCCC3CCCCC32)c1C. The van der Waals surface area contributed by atoms with Crippen molar-refractivity contribution in [2.45, 2.75) is 65.3 Å². The number of hydrogen-bond donors (Lipinski definition) is 1. The Balaban J connectivity index is 1.90. The number of ketones is 1. The van der Waals surface area contributed by atoms with Crippen molar-refractivity contribution in [1.82, 2.24) is 9.88 Å². The molecule has 22 heavy (non-hydrogen) atoms. The van der Waals surface area contributed by atoms with Gasteiger partial charge in [-0.25, -0.2) is 0 Å². The quantitative estimate of drug-likeness (QED) is 0.848. The van der Waals surface area contributed by atoms with Gasteiger partial charge in [0.25, 0.3) is 5.91 Å². The summed E-state index contributed by atoms with van der Waals surface area (Å²) in [4.78, 5) is 30.1. The van der Waals surface area contributed by atoms with E-state index in [1.807, 2.05) is 13.8 Å². The second-order valence-corrected chi connectivity index (χ2v) is 6.93. The molecule has 0 aromatic carbocycles. The van der Waals surface area contributed by atoms with Crippen LogP contribution in [0.3, 0.4) is 0 Å². The lowest BCUT2D eigenvalue weighted by Gasteiger charge is -2.44. The highest BCUT2D eigenvalue weighted by Crippen LogP contribution is 2.36. The number of Topliss-reactive ketones (excluding diaryl/α,β-unsaturated/α-hetero) is 1. The minimum Gasteiger partial charge on any atom is -0.354 e. The van der Waals surface area contributed by atoms with Crippen molar-refractivity contribution in [1.29, 1.82) is 0 Å². The van der Waals surface area contributed by atoms with Gasteiger partial charge in [0.05, 0.1) is 0 Å². The number of aryl methyl sites for hydroxylation is 1. The highest BCUT2D eigenvalue weighted by molar-refractivity contribution is 6.02. The summed E-state index contributed by atoms with van der Waals surface area (Å²) in [6.07, 6.45) is 7.29. The number of fused-ring (bicyclic) bond motifs is 1. The predicted molar refractivity (Wildman–Crippen MR) is 86.3 cm³/mol. The van der Waals surface area contributed by atoms with Crippen molar-refractivity contribution >= 4 is 11.7 Å². The number of H-pyrrole nitrogens is 1. The molecule has 1 amide bonds. The molecule has 0 bridgehead atoms. The van der Waals surface area contributed by atoms with Crippen LogP contribution in [0.25, 0.3) is 0 Å². The molecule has 1 aromatic heterocycles. The van der Waals surface area contributed by atoms with E-state index < -0.39 is 0 Å². The molecule has 120 valence electrons. The third kappa shape index (κ3) is 2.49. The number of carbonyl (C=O) groups excluding carboxylic acids is 2. The van der Waals surface area contributed by atoms with Crippen LogP contribution in [0.2, 0.25) is 0 Å². The summed E-state index contributed by atoms with van der Waals surface area (Å²) < 4.78 is 0. The van der Waals surface area contributed by atoms with Gasteiger partial charge in [0.2, 0.25) is 0 Å². The lowest BCUT2D eigenvalue weighted by atomic mass is 9.78. The number of likely N-dealkylation sites (tertiary alicyclic amines) is 1. The van der Waals surface area contributed by atoms with Crippen LogP contribution in [0.15, 0.2) is 0 Å². The molecular formula is C18H26N2O2. The van der Waals surface area contributed by atoms with Gasteiger partial charge in [0.1, 0.15) is 5.69 Å². The molecule has 2 fully saturated rings. The number of aromatic amines is 1. The molecular weight excluding hydrogens is 276 g/mol.